The fourth-order valence-electron chi connectivity index (χ4n) is 2.76. The van der Waals surface area contributed by atoms with E-state index >= 15 is 0 Å². The SMILES string of the molecule is N#Cc1cc(F)ccc1NC1CCN(Cc2ccc(F)cc2)C1=O. The smallest absolute Gasteiger partial charge is 0.245 e. The Morgan fingerprint density at radius 2 is 1.88 bits per heavy atom. The number of benzene rings is 2. The van der Waals surface area contributed by atoms with Crippen LogP contribution in [0.3, 0.4) is 0 Å². The van der Waals surface area contributed by atoms with E-state index in [0.29, 0.717) is 25.2 Å². The van der Waals surface area contributed by atoms with Crippen molar-refractivity contribution in [3.8, 4) is 6.07 Å². The number of nitrogens with one attached hydrogen (secondary N) is 1. The third-order valence-electron chi connectivity index (χ3n) is 4.02. The van der Waals surface area contributed by atoms with Crippen LogP contribution in [0.25, 0.3) is 0 Å². The van der Waals surface area contributed by atoms with E-state index in [0.717, 1.165) is 11.6 Å². The Kier molecular flexibility index (Phi) is 4.43. The van der Waals surface area contributed by atoms with Crippen LogP contribution in [0.2, 0.25) is 0 Å². The van der Waals surface area contributed by atoms with E-state index in [-0.39, 0.29) is 17.3 Å². The number of rotatable bonds is 4. The highest BCUT2D eigenvalue weighted by molar-refractivity contribution is 5.87. The van der Waals surface area contributed by atoms with Gasteiger partial charge in [-0.05, 0) is 42.3 Å². The predicted octanol–water partition coefficient (Wildman–Crippen LogP) is 3.05. The van der Waals surface area contributed by atoms with E-state index in [1.54, 1.807) is 17.0 Å². The van der Waals surface area contributed by atoms with Crippen LogP contribution < -0.4 is 5.32 Å². The van der Waals surface area contributed by atoms with Gasteiger partial charge in [0.05, 0.1) is 11.3 Å². The lowest BCUT2D eigenvalue weighted by atomic mass is 10.1. The van der Waals surface area contributed by atoms with Crippen molar-refractivity contribution in [2.75, 3.05) is 11.9 Å². The van der Waals surface area contributed by atoms with Crippen LogP contribution in [0.4, 0.5) is 14.5 Å². The zero-order chi connectivity index (χ0) is 17.1. The van der Waals surface area contributed by atoms with Gasteiger partial charge < -0.3 is 10.2 Å². The van der Waals surface area contributed by atoms with Gasteiger partial charge in [-0.2, -0.15) is 5.26 Å². The fraction of sp³-hybridized carbons (Fsp3) is 0.222. The summed E-state index contributed by atoms with van der Waals surface area (Å²) in [5.74, 6) is -0.897. The molecule has 1 amide bonds. The Bertz CT molecular complexity index is 799. The van der Waals surface area contributed by atoms with Gasteiger partial charge in [0.2, 0.25) is 5.91 Å². The molecule has 1 fully saturated rings. The number of carbonyl (C=O) groups is 1. The largest absolute Gasteiger partial charge is 0.373 e. The van der Waals surface area contributed by atoms with Crippen LogP contribution in [-0.4, -0.2) is 23.4 Å². The van der Waals surface area contributed by atoms with Crippen molar-refractivity contribution in [1.29, 1.82) is 5.26 Å². The van der Waals surface area contributed by atoms with Gasteiger partial charge in [-0.15, -0.1) is 0 Å². The number of carbonyl (C=O) groups excluding carboxylic acids is 1. The molecule has 3 rings (SSSR count). The van der Waals surface area contributed by atoms with Crippen LogP contribution in [0.5, 0.6) is 0 Å². The van der Waals surface area contributed by atoms with E-state index in [2.05, 4.69) is 5.32 Å². The minimum absolute atomic E-state index is 0.0902. The zero-order valence-corrected chi connectivity index (χ0v) is 12.8. The Morgan fingerprint density at radius 3 is 2.58 bits per heavy atom. The van der Waals surface area contributed by atoms with Gasteiger partial charge in [0.25, 0.3) is 0 Å². The topological polar surface area (TPSA) is 56.1 Å². The van der Waals surface area contributed by atoms with Gasteiger partial charge >= 0.3 is 0 Å². The van der Waals surface area contributed by atoms with E-state index < -0.39 is 11.9 Å². The number of anilines is 1. The summed E-state index contributed by atoms with van der Waals surface area (Å²) in [6.07, 6.45) is 0.586. The number of nitriles is 1. The molecule has 0 saturated carbocycles. The molecule has 1 aliphatic heterocycles. The molecule has 1 N–H and O–H groups in total. The van der Waals surface area contributed by atoms with Crippen LogP contribution >= 0.6 is 0 Å². The standard InChI is InChI=1S/C18H15F2N3O/c19-14-3-1-12(2-4-14)11-23-8-7-17(18(23)24)22-16-6-5-15(20)9-13(16)10-21/h1-6,9,17,22H,7-8,11H2. The fourth-order valence-corrected chi connectivity index (χ4v) is 2.76. The van der Waals surface area contributed by atoms with E-state index in [4.69, 9.17) is 5.26 Å². The minimum Gasteiger partial charge on any atom is -0.373 e. The Morgan fingerprint density at radius 1 is 1.17 bits per heavy atom. The van der Waals surface area contributed by atoms with Crippen LogP contribution in [0.1, 0.15) is 17.5 Å². The average molecular weight is 327 g/mol. The molecule has 2 aromatic carbocycles. The number of halogens is 2. The minimum atomic E-state index is -0.493. The molecule has 4 nitrogen and oxygen atoms in total. The van der Waals surface area contributed by atoms with Gasteiger partial charge in [0.1, 0.15) is 23.7 Å². The lowest BCUT2D eigenvalue weighted by Crippen LogP contribution is -2.33. The first-order valence-electron chi connectivity index (χ1n) is 7.56. The Balaban J connectivity index is 1.68. The van der Waals surface area contributed by atoms with Gasteiger partial charge in [0, 0.05) is 13.1 Å². The molecule has 1 unspecified atom stereocenters. The van der Waals surface area contributed by atoms with Crippen LogP contribution in [0, 0.1) is 23.0 Å². The summed E-state index contributed by atoms with van der Waals surface area (Å²) in [6.45, 7) is 0.975. The van der Waals surface area contributed by atoms with E-state index in [1.165, 1.54) is 24.3 Å². The third-order valence-corrected chi connectivity index (χ3v) is 4.02. The maximum Gasteiger partial charge on any atom is 0.245 e. The molecule has 0 aromatic heterocycles. The van der Waals surface area contributed by atoms with Crippen molar-refractivity contribution in [2.24, 2.45) is 0 Å². The van der Waals surface area contributed by atoms with Crippen molar-refractivity contribution < 1.29 is 13.6 Å². The molecular formula is C18H15F2N3O. The summed E-state index contributed by atoms with van der Waals surface area (Å²) in [6, 6.07) is 11.3. The molecule has 1 heterocycles. The molecule has 1 aliphatic rings. The first-order valence-corrected chi connectivity index (χ1v) is 7.56. The summed E-state index contributed by atoms with van der Waals surface area (Å²) in [5.41, 5.74) is 1.46. The average Bonchev–Trinajstić information content (AvgIpc) is 2.91. The summed E-state index contributed by atoms with van der Waals surface area (Å²) >= 11 is 0. The number of amides is 1. The third kappa shape index (κ3) is 3.35. The maximum absolute atomic E-state index is 13.2. The van der Waals surface area contributed by atoms with Crippen molar-refractivity contribution in [1.82, 2.24) is 4.90 Å². The number of nitrogens with zero attached hydrogens (tertiary/aromatic N) is 2. The highest BCUT2D eigenvalue weighted by Crippen LogP contribution is 2.22. The maximum atomic E-state index is 13.2. The highest BCUT2D eigenvalue weighted by atomic mass is 19.1. The number of hydrogen-bond donors (Lipinski definition) is 1. The van der Waals surface area contributed by atoms with Crippen molar-refractivity contribution in [2.45, 2.75) is 19.0 Å². The van der Waals surface area contributed by atoms with Crippen LogP contribution in [0.15, 0.2) is 42.5 Å². The molecule has 0 bridgehead atoms. The molecule has 0 radical (unpaired) electrons. The zero-order valence-electron chi connectivity index (χ0n) is 12.8. The summed E-state index contributed by atoms with van der Waals surface area (Å²) in [7, 11) is 0. The lowest BCUT2D eigenvalue weighted by Gasteiger charge is -2.18. The Labute approximate surface area is 138 Å². The second-order valence-electron chi connectivity index (χ2n) is 5.67. The first-order chi connectivity index (χ1) is 11.6. The van der Waals surface area contributed by atoms with Gasteiger partial charge in [-0.3, -0.25) is 4.79 Å². The Hall–Kier alpha value is -2.94. The van der Waals surface area contributed by atoms with E-state index in [1.807, 2.05) is 6.07 Å². The van der Waals surface area contributed by atoms with Crippen LogP contribution in [-0.2, 0) is 11.3 Å². The number of likely N-dealkylation sites (tertiary alicyclic amines) is 1. The molecule has 0 aliphatic carbocycles. The molecule has 2 aromatic rings. The second kappa shape index (κ2) is 6.67. The summed E-state index contributed by atoms with van der Waals surface area (Å²) in [4.78, 5) is 14.2. The summed E-state index contributed by atoms with van der Waals surface area (Å²) in [5, 5.41) is 12.1. The normalized spacial score (nSPS) is 17.0. The molecular weight excluding hydrogens is 312 g/mol. The van der Waals surface area contributed by atoms with E-state index in [9.17, 15) is 13.6 Å². The van der Waals surface area contributed by atoms with Gasteiger partial charge in [-0.1, -0.05) is 12.1 Å². The number of hydrogen-bond acceptors (Lipinski definition) is 3. The highest BCUT2D eigenvalue weighted by Gasteiger charge is 2.31. The predicted molar refractivity (Wildman–Crippen MR) is 85.0 cm³/mol. The van der Waals surface area contributed by atoms with Crippen molar-refractivity contribution in [3.05, 3.63) is 65.2 Å². The first kappa shape index (κ1) is 15.9. The molecule has 1 saturated heterocycles. The molecule has 0 spiro atoms. The monoisotopic (exact) mass is 327 g/mol. The molecule has 6 heteroatoms. The van der Waals surface area contributed by atoms with Gasteiger partial charge in [0.15, 0.2) is 0 Å². The van der Waals surface area contributed by atoms with Gasteiger partial charge in [-0.25, -0.2) is 8.78 Å². The van der Waals surface area contributed by atoms with Crippen molar-refractivity contribution in [3.63, 3.8) is 0 Å². The lowest BCUT2D eigenvalue weighted by molar-refractivity contribution is -0.128. The second-order valence-corrected chi connectivity index (χ2v) is 5.67. The van der Waals surface area contributed by atoms with Crippen molar-refractivity contribution >= 4 is 11.6 Å². The molecule has 122 valence electrons. The summed E-state index contributed by atoms with van der Waals surface area (Å²) < 4.78 is 26.1. The molecule has 1 atom stereocenters. The quantitative estimate of drug-likeness (QED) is 0.939. The molecule has 24 heavy (non-hydrogen) atoms.